The highest BCUT2D eigenvalue weighted by Gasteiger charge is 2.44. The van der Waals surface area contributed by atoms with Crippen LogP contribution < -0.4 is 16.0 Å². The molecule has 2 saturated heterocycles. The first kappa shape index (κ1) is 21.7. The van der Waals surface area contributed by atoms with Crippen molar-refractivity contribution in [2.75, 3.05) is 25.1 Å². The van der Waals surface area contributed by atoms with E-state index in [2.05, 4.69) is 30.9 Å². The van der Waals surface area contributed by atoms with Crippen molar-refractivity contribution in [3.05, 3.63) is 12.7 Å². The Morgan fingerprint density at radius 1 is 1.12 bits per heavy atom. The van der Waals surface area contributed by atoms with E-state index in [0.717, 1.165) is 25.9 Å². The molecule has 1 aliphatic carbocycles. The fourth-order valence-corrected chi connectivity index (χ4v) is 4.86. The van der Waals surface area contributed by atoms with Gasteiger partial charge in [0, 0.05) is 19.2 Å². The van der Waals surface area contributed by atoms with Crippen LogP contribution in [0.25, 0.3) is 11.2 Å². The topological polar surface area (TPSA) is 139 Å². The summed E-state index contributed by atoms with van der Waals surface area (Å²) in [4.78, 5) is 13.1. The summed E-state index contributed by atoms with van der Waals surface area (Å²) in [6, 6.07) is 0.573. The monoisotopic (exact) mass is 463 g/mol. The molecule has 5 atom stereocenters. The Balaban J connectivity index is 1.25. The predicted octanol–water partition coefficient (Wildman–Crippen LogP) is 0.0530. The van der Waals surface area contributed by atoms with Crippen molar-refractivity contribution in [2.24, 2.45) is 0 Å². The molecule has 0 bridgehead atoms. The molecule has 2 aromatic rings. The van der Waals surface area contributed by atoms with E-state index in [4.69, 9.17) is 21.7 Å². The van der Waals surface area contributed by atoms with E-state index in [9.17, 15) is 10.2 Å². The average Bonchev–Trinajstić information content (AvgIpc) is 3.58. The molecule has 5 N–H and O–H groups in total. The highest BCUT2D eigenvalue weighted by atomic mass is 32.1. The normalized spacial score (nSPS) is 30.8. The number of aliphatic hydroxyl groups excluding tert-OH is 2. The van der Waals surface area contributed by atoms with Crippen molar-refractivity contribution in [1.29, 1.82) is 0 Å². The van der Waals surface area contributed by atoms with E-state index in [0.29, 0.717) is 34.7 Å². The van der Waals surface area contributed by atoms with Crippen molar-refractivity contribution >= 4 is 34.3 Å². The largest absolute Gasteiger partial charge is 0.387 e. The molecule has 3 fully saturated rings. The minimum atomic E-state index is -1.13. The van der Waals surface area contributed by atoms with E-state index < -0.39 is 24.5 Å². The zero-order chi connectivity index (χ0) is 22.1. The number of rotatable bonds is 6. The fourth-order valence-electron chi connectivity index (χ4n) is 4.61. The highest BCUT2D eigenvalue weighted by Crippen LogP contribution is 2.32. The molecular formula is C20H29N7O4S. The van der Waals surface area contributed by atoms with Crippen LogP contribution in [0.3, 0.4) is 0 Å². The molecule has 12 heteroatoms. The van der Waals surface area contributed by atoms with Crippen molar-refractivity contribution in [3.8, 4) is 0 Å². The maximum atomic E-state index is 10.7. The first-order valence-corrected chi connectivity index (χ1v) is 11.6. The third-order valence-electron chi connectivity index (χ3n) is 6.39. The lowest BCUT2D eigenvalue weighted by atomic mass is 10.1. The number of fused-ring (bicyclic) bond motifs is 1. The van der Waals surface area contributed by atoms with Crippen LogP contribution in [0, 0.1) is 0 Å². The Labute approximate surface area is 190 Å². The van der Waals surface area contributed by atoms with Crippen LogP contribution in [0.2, 0.25) is 0 Å². The standard InChI is InChI=1S/C20H29N7O4S/c28-15-13(7-21-20(32)26-11-3-1-2-4-11)31-19(16(15)29)27-10-24-14-17(22-9-23-18(14)27)25-12-5-6-30-8-12/h9-13,15-16,19,28-29H,1-8H2,(H2,21,26,32)(H,22,23,25)/t12-,13-,15-,16-,19-/m1/s1. The molecule has 11 nitrogen and oxygen atoms in total. The fraction of sp³-hybridized carbons (Fsp3) is 0.700. The molecule has 174 valence electrons. The number of nitrogens with zero attached hydrogens (tertiary/aromatic N) is 4. The maximum absolute atomic E-state index is 10.7. The van der Waals surface area contributed by atoms with Crippen LogP contribution in [0.15, 0.2) is 12.7 Å². The Bertz CT molecular complexity index is 947. The van der Waals surface area contributed by atoms with Crippen LogP contribution in [0.1, 0.15) is 38.3 Å². The molecule has 4 heterocycles. The molecule has 0 unspecified atom stereocenters. The summed E-state index contributed by atoms with van der Waals surface area (Å²) in [6.45, 7) is 1.62. The summed E-state index contributed by atoms with van der Waals surface area (Å²) in [7, 11) is 0. The number of imidazole rings is 1. The molecule has 0 spiro atoms. The molecule has 3 aliphatic rings. The van der Waals surface area contributed by atoms with Crippen molar-refractivity contribution < 1.29 is 19.7 Å². The van der Waals surface area contributed by atoms with Crippen molar-refractivity contribution in [2.45, 2.75) is 68.7 Å². The van der Waals surface area contributed by atoms with Crippen LogP contribution in [-0.4, -0.2) is 85.0 Å². The first-order valence-electron chi connectivity index (χ1n) is 11.2. The summed E-state index contributed by atoms with van der Waals surface area (Å²) in [5, 5.41) is 31.5. The van der Waals surface area contributed by atoms with Gasteiger partial charge in [0.1, 0.15) is 24.6 Å². The minimum absolute atomic E-state index is 0.172. The van der Waals surface area contributed by atoms with E-state index in [1.807, 2.05) is 0 Å². The summed E-state index contributed by atoms with van der Waals surface area (Å²) < 4.78 is 13.0. The van der Waals surface area contributed by atoms with Gasteiger partial charge >= 0.3 is 0 Å². The summed E-state index contributed by atoms with van der Waals surface area (Å²) in [5.41, 5.74) is 1.10. The molecule has 0 amide bonds. The van der Waals surface area contributed by atoms with E-state index in [1.165, 1.54) is 19.2 Å². The Hall–Kier alpha value is -2.12. The van der Waals surface area contributed by atoms with Crippen molar-refractivity contribution in [1.82, 2.24) is 30.2 Å². The Kier molecular flexibility index (Phi) is 6.37. The second-order valence-electron chi connectivity index (χ2n) is 8.63. The molecule has 0 aromatic carbocycles. The van der Waals surface area contributed by atoms with Crippen molar-refractivity contribution in [3.63, 3.8) is 0 Å². The quantitative estimate of drug-likeness (QED) is 0.372. The van der Waals surface area contributed by atoms with Gasteiger partial charge in [-0.2, -0.15) is 0 Å². The Morgan fingerprint density at radius 3 is 2.75 bits per heavy atom. The van der Waals surface area contributed by atoms with E-state index in [1.54, 1.807) is 10.9 Å². The number of hydrogen-bond acceptors (Lipinski definition) is 9. The zero-order valence-electron chi connectivity index (χ0n) is 17.7. The SMILES string of the molecule is O[C@@H]1[C@H](O)[C@@H](CNC(=S)NC2CCCC2)O[C@H]1n1cnc2c(N[C@@H]3CCOC3)ncnc21. The number of nitrogens with one attached hydrogen (secondary N) is 3. The Morgan fingerprint density at radius 2 is 1.97 bits per heavy atom. The number of anilines is 1. The van der Waals surface area contributed by atoms with Gasteiger partial charge in [0.15, 0.2) is 28.3 Å². The lowest BCUT2D eigenvalue weighted by molar-refractivity contribution is -0.0332. The first-order chi connectivity index (χ1) is 15.6. The second-order valence-corrected chi connectivity index (χ2v) is 9.04. The second kappa shape index (κ2) is 9.40. The zero-order valence-corrected chi connectivity index (χ0v) is 18.5. The summed E-state index contributed by atoms with van der Waals surface area (Å²) >= 11 is 5.37. The summed E-state index contributed by atoms with van der Waals surface area (Å²) in [5.74, 6) is 0.610. The third kappa shape index (κ3) is 4.37. The van der Waals surface area contributed by atoms with Crippen LogP contribution >= 0.6 is 12.2 Å². The lowest BCUT2D eigenvalue weighted by Crippen LogP contribution is -2.45. The summed E-state index contributed by atoms with van der Waals surface area (Å²) in [6.07, 6.45) is 4.90. The maximum Gasteiger partial charge on any atom is 0.167 e. The van der Waals surface area contributed by atoms with Gasteiger partial charge in [-0.25, -0.2) is 15.0 Å². The molecule has 0 radical (unpaired) electrons. The van der Waals surface area contributed by atoms with Gasteiger partial charge in [-0.3, -0.25) is 4.57 Å². The van der Waals surface area contributed by atoms with Crippen LogP contribution in [0.5, 0.6) is 0 Å². The predicted molar refractivity (Wildman–Crippen MR) is 120 cm³/mol. The average molecular weight is 464 g/mol. The van der Waals surface area contributed by atoms with Gasteiger partial charge in [-0.1, -0.05) is 12.8 Å². The number of aromatic nitrogens is 4. The van der Waals surface area contributed by atoms with Gasteiger partial charge in [0.05, 0.1) is 19.0 Å². The van der Waals surface area contributed by atoms with Gasteiger partial charge in [0.2, 0.25) is 0 Å². The number of hydrogen-bond donors (Lipinski definition) is 5. The number of aliphatic hydroxyl groups is 2. The van der Waals surface area contributed by atoms with Gasteiger partial charge in [0.25, 0.3) is 0 Å². The van der Waals surface area contributed by atoms with Crippen LogP contribution in [-0.2, 0) is 9.47 Å². The number of ether oxygens (including phenoxy) is 2. The van der Waals surface area contributed by atoms with E-state index >= 15 is 0 Å². The molecule has 2 aromatic heterocycles. The lowest BCUT2D eigenvalue weighted by Gasteiger charge is -2.19. The minimum Gasteiger partial charge on any atom is -0.387 e. The smallest absolute Gasteiger partial charge is 0.167 e. The molecule has 5 rings (SSSR count). The van der Waals surface area contributed by atoms with Gasteiger partial charge in [-0.15, -0.1) is 0 Å². The van der Waals surface area contributed by atoms with Gasteiger partial charge in [-0.05, 0) is 31.5 Å². The molecule has 1 saturated carbocycles. The van der Waals surface area contributed by atoms with Gasteiger partial charge < -0.3 is 35.6 Å². The molecule has 2 aliphatic heterocycles. The number of thiocarbonyl (C=S) groups is 1. The highest BCUT2D eigenvalue weighted by molar-refractivity contribution is 7.80. The molecular weight excluding hydrogens is 434 g/mol. The van der Waals surface area contributed by atoms with Crippen LogP contribution in [0.4, 0.5) is 5.82 Å². The third-order valence-corrected chi connectivity index (χ3v) is 6.66. The van der Waals surface area contributed by atoms with E-state index in [-0.39, 0.29) is 12.6 Å². The molecule has 32 heavy (non-hydrogen) atoms.